The van der Waals surface area contributed by atoms with Crippen LogP contribution < -0.4 is 5.56 Å². The number of benzene rings is 1. The van der Waals surface area contributed by atoms with Gasteiger partial charge in [-0.1, -0.05) is 6.07 Å². The second kappa shape index (κ2) is 3.06. The normalized spacial score (nSPS) is 10.4. The molecular formula is C10H8N2O2. The lowest BCUT2D eigenvalue weighted by Crippen LogP contribution is -2.11. The Labute approximate surface area is 79.6 Å². The predicted molar refractivity (Wildman–Crippen MR) is 52.5 cm³/mol. The summed E-state index contributed by atoms with van der Waals surface area (Å²) < 4.78 is 0. The van der Waals surface area contributed by atoms with Gasteiger partial charge in [-0.05, 0) is 24.6 Å². The third-order valence-electron chi connectivity index (χ3n) is 1.99. The summed E-state index contributed by atoms with van der Waals surface area (Å²) in [6.45, 7) is 1.91. The van der Waals surface area contributed by atoms with E-state index in [4.69, 9.17) is 0 Å². The Hall–Kier alpha value is -1.97. The first-order valence-corrected chi connectivity index (χ1v) is 4.16. The number of H-pyrrole nitrogens is 1. The molecule has 1 N–H and O–H groups in total. The minimum Gasteiger partial charge on any atom is -0.304 e. The number of nitrogens with one attached hydrogen (secondary N) is 1. The molecule has 0 aliphatic rings. The number of fused-ring (bicyclic) bond motifs is 1. The van der Waals surface area contributed by atoms with E-state index < -0.39 is 0 Å². The topological polar surface area (TPSA) is 62.8 Å². The number of carbonyl (C=O) groups is 1. The molecule has 4 nitrogen and oxygen atoms in total. The molecule has 0 amide bonds. The Morgan fingerprint density at radius 3 is 2.93 bits per heavy atom. The molecule has 1 aromatic heterocycles. The van der Waals surface area contributed by atoms with E-state index in [2.05, 4.69) is 9.97 Å². The Balaban J connectivity index is 2.90. The molecule has 70 valence electrons. The monoisotopic (exact) mass is 188 g/mol. The molecule has 0 atom stereocenters. The summed E-state index contributed by atoms with van der Waals surface area (Å²) >= 11 is 0. The highest BCUT2D eigenvalue weighted by molar-refractivity contribution is 5.81. The van der Waals surface area contributed by atoms with Crippen LogP contribution in [-0.2, 0) is 0 Å². The zero-order chi connectivity index (χ0) is 10.1. The van der Waals surface area contributed by atoms with Crippen LogP contribution in [0.1, 0.15) is 16.2 Å². The molecule has 0 saturated heterocycles. The van der Waals surface area contributed by atoms with E-state index in [0.717, 1.165) is 5.56 Å². The van der Waals surface area contributed by atoms with Crippen molar-refractivity contribution in [1.29, 1.82) is 0 Å². The number of carbonyl (C=O) groups excluding carboxylic acids is 1. The van der Waals surface area contributed by atoms with Gasteiger partial charge in [-0.2, -0.15) is 0 Å². The fourth-order valence-electron chi connectivity index (χ4n) is 1.32. The maximum absolute atomic E-state index is 11.4. The van der Waals surface area contributed by atoms with Crippen LogP contribution >= 0.6 is 0 Å². The number of hydrogen-bond acceptors (Lipinski definition) is 3. The highest BCUT2D eigenvalue weighted by Gasteiger charge is 2.02. The third-order valence-corrected chi connectivity index (χ3v) is 1.99. The summed E-state index contributed by atoms with van der Waals surface area (Å²) in [6, 6.07) is 5.31. The van der Waals surface area contributed by atoms with E-state index in [1.807, 2.05) is 13.0 Å². The number of aromatic nitrogens is 2. The number of rotatable bonds is 1. The predicted octanol–water partition coefficient (Wildman–Crippen LogP) is 1.04. The number of nitrogens with zero attached hydrogens (tertiary/aromatic N) is 1. The molecule has 4 heteroatoms. The summed E-state index contributed by atoms with van der Waals surface area (Å²) in [5.74, 6) is 0.0631. The van der Waals surface area contributed by atoms with Crippen molar-refractivity contribution in [2.75, 3.05) is 0 Å². The van der Waals surface area contributed by atoms with Gasteiger partial charge < -0.3 is 4.98 Å². The van der Waals surface area contributed by atoms with Gasteiger partial charge in [0.1, 0.15) is 0 Å². The molecule has 1 heterocycles. The van der Waals surface area contributed by atoms with Crippen LogP contribution in [0.25, 0.3) is 10.9 Å². The first kappa shape index (κ1) is 8.62. The van der Waals surface area contributed by atoms with E-state index in [0.29, 0.717) is 17.2 Å². The summed E-state index contributed by atoms with van der Waals surface area (Å²) in [6.07, 6.45) is 0.531. The average molecular weight is 188 g/mol. The van der Waals surface area contributed by atoms with Crippen molar-refractivity contribution >= 4 is 17.2 Å². The molecule has 14 heavy (non-hydrogen) atoms. The van der Waals surface area contributed by atoms with Gasteiger partial charge in [0.2, 0.25) is 0 Å². The van der Waals surface area contributed by atoms with Crippen molar-refractivity contribution in [3.8, 4) is 0 Å². The van der Waals surface area contributed by atoms with Gasteiger partial charge in [0, 0.05) is 0 Å². The van der Waals surface area contributed by atoms with Crippen LogP contribution in [0.15, 0.2) is 23.0 Å². The maximum Gasteiger partial charge on any atom is 0.259 e. The van der Waals surface area contributed by atoms with Crippen molar-refractivity contribution in [2.45, 2.75) is 6.92 Å². The van der Waals surface area contributed by atoms with E-state index in [-0.39, 0.29) is 11.4 Å². The van der Waals surface area contributed by atoms with Crippen molar-refractivity contribution in [3.05, 3.63) is 39.9 Å². The van der Waals surface area contributed by atoms with Crippen LogP contribution in [0.3, 0.4) is 0 Å². The number of aryl methyl sites for hydroxylation is 1. The fraction of sp³-hybridized carbons (Fsp3) is 0.100. The molecule has 2 aromatic rings. The lowest BCUT2D eigenvalue weighted by atomic mass is 10.2. The molecule has 1 aromatic carbocycles. The fourth-order valence-corrected chi connectivity index (χ4v) is 1.32. The lowest BCUT2D eigenvalue weighted by molar-refractivity contribution is 0.111. The molecule has 0 aliphatic heterocycles. The van der Waals surface area contributed by atoms with Crippen molar-refractivity contribution in [3.63, 3.8) is 0 Å². The highest BCUT2D eigenvalue weighted by Crippen LogP contribution is 2.08. The minimum absolute atomic E-state index is 0.0631. The number of hydrogen-bond donors (Lipinski definition) is 1. The highest BCUT2D eigenvalue weighted by atomic mass is 16.1. The van der Waals surface area contributed by atoms with E-state index >= 15 is 0 Å². The van der Waals surface area contributed by atoms with Gasteiger partial charge in [0.25, 0.3) is 5.56 Å². The zero-order valence-corrected chi connectivity index (χ0v) is 7.57. The van der Waals surface area contributed by atoms with Crippen LogP contribution in [0, 0.1) is 6.92 Å². The van der Waals surface area contributed by atoms with Gasteiger partial charge in [-0.15, -0.1) is 0 Å². The standard InChI is InChI=1S/C10H8N2O2/c1-6-2-3-7-8(4-6)11-9(5-13)12-10(7)14/h2-5H,1H3,(H,11,12,14). The Morgan fingerprint density at radius 1 is 1.43 bits per heavy atom. The van der Waals surface area contributed by atoms with Gasteiger partial charge in [-0.3, -0.25) is 9.59 Å². The van der Waals surface area contributed by atoms with Gasteiger partial charge >= 0.3 is 0 Å². The maximum atomic E-state index is 11.4. The first-order valence-electron chi connectivity index (χ1n) is 4.16. The molecule has 0 bridgehead atoms. The van der Waals surface area contributed by atoms with E-state index in [9.17, 15) is 9.59 Å². The Kier molecular flexibility index (Phi) is 1.89. The quantitative estimate of drug-likeness (QED) is 0.680. The SMILES string of the molecule is Cc1ccc2c(=O)[nH]c(C=O)nc2c1. The molecule has 2 rings (SSSR count). The minimum atomic E-state index is -0.280. The van der Waals surface area contributed by atoms with E-state index in [1.54, 1.807) is 12.1 Å². The summed E-state index contributed by atoms with van der Waals surface area (Å²) in [5.41, 5.74) is 1.28. The van der Waals surface area contributed by atoms with Crippen molar-refractivity contribution in [1.82, 2.24) is 9.97 Å². The molecule has 0 unspecified atom stereocenters. The van der Waals surface area contributed by atoms with Crippen LogP contribution in [0.2, 0.25) is 0 Å². The van der Waals surface area contributed by atoms with Crippen molar-refractivity contribution < 1.29 is 4.79 Å². The number of aldehydes is 1. The lowest BCUT2D eigenvalue weighted by Gasteiger charge is -1.98. The summed E-state index contributed by atoms with van der Waals surface area (Å²) in [7, 11) is 0. The summed E-state index contributed by atoms with van der Waals surface area (Å²) in [4.78, 5) is 28.2. The molecule has 0 radical (unpaired) electrons. The van der Waals surface area contributed by atoms with E-state index in [1.165, 1.54) is 0 Å². The zero-order valence-electron chi connectivity index (χ0n) is 7.57. The molecule has 0 fully saturated rings. The second-order valence-corrected chi connectivity index (χ2v) is 3.09. The van der Waals surface area contributed by atoms with Gasteiger partial charge in [0.15, 0.2) is 12.1 Å². The van der Waals surface area contributed by atoms with Gasteiger partial charge in [-0.25, -0.2) is 4.98 Å². The first-order chi connectivity index (χ1) is 6.70. The Morgan fingerprint density at radius 2 is 2.21 bits per heavy atom. The number of aromatic amines is 1. The van der Waals surface area contributed by atoms with Crippen LogP contribution in [0.5, 0.6) is 0 Å². The van der Waals surface area contributed by atoms with Crippen molar-refractivity contribution in [2.24, 2.45) is 0 Å². The second-order valence-electron chi connectivity index (χ2n) is 3.09. The van der Waals surface area contributed by atoms with Gasteiger partial charge in [0.05, 0.1) is 10.9 Å². The van der Waals surface area contributed by atoms with Crippen LogP contribution in [-0.4, -0.2) is 16.3 Å². The molecule has 0 saturated carbocycles. The largest absolute Gasteiger partial charge is 0.304 e. The average Bonchev–Trinajstić information content (AvgIpc) is 2.16. The smallest absolute Gasteiger partial charge is 0.259 e. The molecule has 0 spiro atoms. The third kappa shape index (κ3) is 1.31. The Bertz CT molecular complexity index is 558. The molecular weight excluding hydrogens is 180 g/mol. The summed E-state index contributed by atoms with van der Waals surface area (Å²) in [5, 5.41) is 0.501. The molecule has 0 aliphatic carbocycles. The van der Waals surface area contributed by atoms with Crippen LogP contribution in [0.4, 0.5) is 0 Å².